The van der Waals surface area contributed by atoms with Crippen LogP contribution in [0.3, 0.4) is 0 Å². The van der Waals surface area contributed by atoms with Crippen LogP contribution >= 0.6 is 15.9 Å². The van der Waals surface area contributed by atoms with Crippen molar-refractivity contribution in [1.82, 2.24) is 0 Å². The number of halogens is 1. The SMILES string of the molecule is BrCc1ccccc1C(=C(c1ccccc1)c1ccccc1)c1ccccc1. The summed E-state index contributed by atoms with van der Waals surface area (Å²) >= 11 is 3.69. The lowest BCUT2D eigenvalue weighted by Crippen LogP contribution is -1.99. The van der Waals surface area contributed by atoms with Gasteiger partial charge in [0, 0.05) is 5.33 Å². The Morgan fingerprint density at radius 1 is 0.464 bits per heavy atom. The second kappa shape index (κ2) is 8.86. The minimum absolute atomic E-state index is 0.816. The van der Waals surface area contributed by atoms with Crippen LogP contribution in [0.15, 0.2) is 115 Å². The molecule has 0 aliphatic rings. The third-order valence-corrected chi connectivity index (χ3v) is 5.47. The number of hydrogen-bond acceptors (Lipinski definition) is 0. The van der Waals surface area contributed by atoms with Gasteiger partial charge in [0.05, 0.1) is 0 Å². The fourth-order valence-electron chi connectivity index (χ4n) is 3.59. The van der Waals surface area contributed by atoms with Crippen molar-refractivity contribution in [2.24, 2.45) is 0 Å². The maximum atomic E-state index is 3.69. The Kier molecular flexibility index (Phi) is 5.84. The average molecular weight is 425 g/mol. The van der Waals surface area contributed by atoms with Crippen LogP contribution in [0.5, 0.6) is 0 Å². The van der Waals surface area contributed by atoms with Crippen LogP contribution in [-0.4, -0.2) is 0 Å². The third-order valence-electron chi connectivity index (χ3n) is 4.87. The third kappa shape index (κ3) is 3.85. The molecule has 0 saturated carbocycles. The number of hydrogen-bond donors (Lipinski definition) is 0. The molecule has 4 rings (SSSR count). The Morgan fingerprint density at radius 3 is 1.32 bits per heavy atom. The average Bonchev–Trinajstić information content (AvgIpc) is 2.79. The lowest BCUT2D eigenvalue weighted by Gasteiger charge is -2.20. The summed E-state index contributed by atoms with van der Waals surface area (Å²) in [7, 11) is 0. The molecule has 0 aliphatic heterocycles. The van der Waals surface area contributed by atoms with Crippen molar-refractivity contribution in [3.8, 4) is 0 Å². The molecule has 0 N–H and O–H groups in total. The van der Waals surface area contributed by atoms with Crippen molar-refractivity contribution in [3.05, 3.63) is 143 Å². The van der Waals surface area contributed by atoms with Gasteiger partial charge in [0.1, 0.15) is 0 Å². The minimum atomic E-state index is 0.816. The highest BCUT2D eigenvalue weighted by Gasteiger charge is 2.17. The summed E-state index contributed by atoms with van der Waals surface area (Å²) in [5.41, 5.74) is 8.71. The Bertz CT molecular complexity index is 1020. The van der Waals surface area contributed by atoms with E-state index >= 15 is 0 Å². The van der Waals surface area contributed by atoms with Crippen LogP contribution in [0.25, 0.3) is 11.1 Å². The molecular formula is C27H21Br. The molecule has 0 spiro atoms. The molecule has 0 saturated heterocycles. The van der Waals surface area contributed by atoms with E-state index < -0.39 is 0 Å². The highest BCUT2D eigenvalue weighted by Crippen LogP contribution is 2.38. The van der Waals surface area contributed by atoms with Crippen molar-refractivity contribution in [1.29, 1.82) is 0 Å². The molecule has 0 radical (unpaired) electrons. The van der Waals surface area contributed by atoms with Gasteiger partial charge in [-0.2, -0.15) is 0 Å². The zero-order chi connectivity index (χ0) is 19.2. The Labute approximate surface area is 175 Å². The van der Waals surface area contributed by atoms with Crippen molar-refractivity contribution < 1.29 is 0 Å². The zero-order valence-electron chi connectivity index (χ0n) is 15.6. The Hall–Kier alpha value is -2.90. The highest BCUT2D eigenvalue weighted by atomic mass is 79.9. The van der Waals surface area contributed by atoms with Crippen LogP contribution in [0.1, 0.15) is 27.8 Å². The maximum absolute atomic E-state index is 3.69. The first-order chi connectivity index (χ1) is 13.9. The van der Waals surface area contributed by atoms with Crippen LogP contribution in [0.2, 0.25) is 0 Å². The minimum Gasteiger partial charge on any atom is -0.0876 e. The fraction of sp³-hybridized carbons (Fsp3) is 0.0370. The van der Waals surface area contributed by atoms with E-state index in [2.05, 4.69) is 131 Å². The van der Waals surface area contributed by atoms with Gasteiger partial charge in [-0.05, 0) is 39.0 Å². The topological polar surface area (TPSA) is 0 Å². The molecule has 0 amide bonds. The van der Waals surface area contributed by atoms with Crippen molar-refractivity contribution in [2.75, 3.05) is 0 Å². The van der Waals surface area contributed by atoms with Crippen molar-refractivity contribution >= 4 is 27.1 Å². The molecule has 4 aromatic carbocycles. The standard InChI is InChI=1S/C27H21Br/c28-20-24-18-10-11-19-25(24)27(23-16-8-3-9-17-23)26(21-12-4-1-5-13-21)22-14-6-2-7-15-22/h1-19H,20H2. The number of rotatable bonds is 5. The molecular weight excluding hydrogens is 404 g/mol. The number of benzene rings is 4. The van der Waals surface area contributed by atoms with Gasteiger partial charge in [-0.25, -0.2) is 0 Å². The lowest BCUT2D eigenvalue weighted by molar-refractivity contribution is 1.38. The highest BCUT2D eigenvalue weighted by molar-refractivity contribution is 9.08. The molecule has 0 atom stereocenters. The quantitative estimate of drug-likeness (QED) is 0.228. The van der Waals surface area contributed by atoms with Gasteiger partial charge in [-0.15, -0.1) is 0 Å². The summed E-state index contributed by atoms with van der Waals surface area (Å²) in [5, 5.41) is 0.816. The van der Waals surface area contributed by atoms with E-state index in [1.54, 1.807) is 0 Å². The zero-order valence-corrected chi connectivity index (χ0v) is 17.1. The molecule has 0 nitrogen and oxygen atoms in total. The molecule has 4 aromatic rings. The number of alkyl halides is 1. The van der Waals surface area contributed by atoms with Gasteiger partial charge in [0.25, 0.3) is 0 Å². The maximum Gasteiger partial charge on any atom is 0.0289 e. The molecule has 0 aliphatic carbocycles. The second-order valence-electron chi connectivity index (χ2n) is 6.64. The summed E-state index contributed by atoms with van der Waals surface area (Å²) in [6.07, 6.45) is 0. The van der Waals surface area contributed by atoms with Crippen molar-refractivity contribution in [3.63, 3.8) is 0 Å². The Morgan fingerprint density at radius 2 is 0.857 bits per heavy atom. The van der Waals surface area contributed by atoms with Gasteiger partial charge in [-0.3, -0.25) is 0 Å². The van der Waals surface area contributed by atoms with Gasteiger partial charge in [0.2, 0.25) is 0 Å². The summed E-state index contributed by atoms with van der Waals surface area (Å²) in [6.45, 7) is 0. The lowest BCUT2D eigenvalue weighted by atomic mass is 9.84. The van der Waals surface area contributed by atoms with Crippen LogP contribution in [-0.2, 0) is 5.33 Å². The van der Waals surface area contributed by atoms with E-state index in [1.165, 1.54) is 39.0 Å². The first-order valence-electron chi connectivity index (χ1n) is 9.43. The van der Waals surface area contributed by atoms with Gasteiger partial charge in [0.15, 0.2) is 0 Å². The fourth-order valence-corrected chi connectivity index (χ4v) is 4.07. The predicted molar refractivity (Wildman–Crippen MR) is 123 cm³/mol. The molecule has 1 heteroatoms. The van der Waals surface area contributed by atoms with Gasteiger partial charge < -0.3 is 0 Å². The smallest absolute Gasteiger partial charge is 0.0289 e. The summed E-state index contributed by atoms with van der Waals surface area (Å²) in [6, 6.07) is 40.7. The van der Waals surface area contributed by atoms with E-state index in [4.69, 9.17) is 0 Å². The molecule has 0 bridgehead atoms. The first-order valence-corrected chi connectivity index (χ1v) is 10.6. The predicted octanol–water partition coefficient (Wildman–Crippen LogP) is 7.59. The summed E-state index contributed by atoms with van der Waals surface area (Å²) in [4.78, 5) is 0. The van der Waals surface area contributed by atoms with Crippen LogP contribution in [0.4, 0.5) is 0 Å². The largest absolute Gasteiger partial charge is 0.0876 e. The second-order valence-corrected chi connectivity index (χ2v) is 7.20. The molecule has 28 heavy (non-hydrogen) atoms. The summed E-state index contributed by atoms with van der Waals surface area (Å²) in [5.74, 6) is 0. The molecule has 136 valence electrons. The summed E-state index contributed by atoms with van der Waals surface area (Å²) < 4.78 is 0. The normalized spacial score (nSPS) is 10.5. The first kappa shape index (κ1) is 18.5. The van der Waals surface area contributed by atoms with E-state index in [-0.39, 0.29) is 0 Å². The van der Waals surface area contributed by atoms with E-state index in [1.807, 2.05) is 0 Å². The van der Waals surface area contributed by atoms with Crippen LogP contribution < -0.4 is 0 Å². The van der Waals surface area contributed by atoms with Crippen molar-refractivity contribution in [2.45, 2.75) is 5.33 Å². The van der Waals surface area contributed by atoms with Crippen LogP contribution in [0, 0.1) is 0 Å². The Balaban J connectivity index is 2.13. The van der Waals surface area contributed by atoms with Gasteiger partial charge >= 0.3 is 0 Å². The molecule has 0 aromatic heterocycles. The van der Waals surface area contributed by atoms with E-state index in [0.717, 1.165) is 5.33 Å². The molecule has 0 fully saturated rings. The van der Waals surface area contributed by atoms with E-state index in [0.29, 0.717) is 0 Å². The van der Waals surface area contributed by atoms with E-state index in [9.17, 15) is 0 Å². The van der Waals surface area contributed by atoms with Gasteiger partial charge in [-0.1, -0.05) is 131 Å². The molecule has 0 unspecified atom stereocenters. The molecule has 0 heterocycles. The monoisotopic (exact) mass is 424 g/mol.